The summed E-state index contributed by atoms with van der Waals surface area (Å²) < 4.78 is 0. The molecule has 1 aliphatic carbocycles. The van der Waals surface area contributed by atoms with Crippen molar-refractivity contribution >= 4 is 11.6 Å². The first-order valence-electron chi connectivity index (χ1n) is 6.56. The third kappa shape index (κ3) is 3.97. The van der Waals surface area contributed by atoms with E-state index in [1.165, 1.54) is 44.1 Å². The van der Waals surface area contributed by atoms with Crippen LogP contribution in [0.1, 0.15) is 44.1 Å². The zero-order chi connectivity index (χ0) is 12.1. The molecule has 0 N–H and O–H groups in total. The van der Waals surface area contributed by atoms with E-state index < -0.39 is 0 Å². The van der Waals surface area contributed by atoms with Crippen molar-refractivity contribution in [3.63, 3.8) is 0 Å². The van der Waals surface area contributed by atoms with Gasteiger partial charge >= 0.3 is 0 Å². The van der Waals surface area contributed by atoms with Gasteiger partial charge in [0.1, 0.15) is 5.15 Å². The first-order chi connectivity index (χ1) is 8.25. The quantitative estimate of drug-likeness (QED) is 0.599. The SMILES string of the molecule is CN(Cc1ccc(Cl)nc1)C1CCCCCC1. The van der Waals surface area contributed by atoms with Crippen molar-refractivity contribution in [2.75, 3.05) is 7.05 Å². The van der Waals surface area contributed by atoms with E-state index in [9.17, 15) is 0 Å². The smallest absolute Gasteiger partial charge is 0.129 e. The third-order valence-electron chi connectivity index (χ3n) is 3.67. The molecular weight excluding hydrogens is 232 g/mol. The molecule has 1 aromatic heterocycles. The van der Waals surface area contributed by atoms with Crippen LogP contribution in [-0.4, -0.2) is 23.0 Å². The van der Waals surface area contributed by atoms with Crippen molar-refractivity contribution < 1.29 is 0 Å². The summed E-state index contributed by atoms with van der Waals surface area (Å²) in [5.41, 5.74) is 1.25. The van der Waals surface area contributed by atoms with E-state index in [4.69, 9.17) is 11.6 Å². The highest BCUT2D eigenvalue weighted by Crippen LogP contribution is 2.22. The molecule has 0 radical (unpaired) electrons. The van der Waals surface area contributed by atoms with Gasteiger partial charge in [-0.2, -0.15) is 0 Å². The van der Waals surface area contributed by atoms with E-state index in [0.717, 1.165) is 12.6 Å². The molecular formula is C14H21ClN2. The van der Waals surface area contributed by atoms with Crippen LogP contribution in [0.3, 0.4) is 0 Å². The highest BCUT2D eigenvalue weighted by Gasteiger charge is 2.16. The monoisotopic (exact) mass is 252 g/mol. The van der Waals surface area contributed by atoms with Crippen LogP contribution in [-0.2, 0) is 6.54 Å². The van der Waals surface area contributed by atoms with Gasteiger partial charge < -0.3 is 0 Å². The Bertz CT molecular complexity index is 329. The minimum absolute atomic E-state index is 0.575. The molecule has 1 fully saturated rings. The van der Waals surface area contributed by atoms with E-state index >= 15 is 0 Å². The molecule has 0 amide bonds. The van der Waals surface area contributed by atoms with Gasteiger partial charge in [-0.1, -0.05) is 43.4 Å². The number of hydrogen-bond acceptors (Lipinski definition) is 2. The number of halogens is 1. The Hall–Kier alpha value is -0.600. The molecule has 0 aromatic carbocycles. The molecule has 0 atom stereocenters. The summed E-state index contributed by atoms with van der Waals surface area (Å²) in [6.07, 6.45) is 10.2. The molecule has 3 heteroatoms. The molecule has 0 bridgehead atoms. The van der Waals surface area contributed by atoms with Crippen LogP contribution in [0.5, 0.6) is 0 Å². The van der Waals surface area contributed by atoms with Gasteiger partial charge in [0.25, 0.3) is 0 Å². The van der Waals surface area contributed by atoms with E-state index in [2.05, 4.69) is 23.0 Å². The van der Waals surface area contributed by atoms with Gasteiger partial charge in [0.15, 0.2) is 0 Å². The summed E-state index contributed by atoms with van der Waals surface area (Å²) >= 11 is 5.79. The lowest BCUT2D eigenvalue weighted by Gasteiger charge is -2.26. The van der Waals surface area contributed by atoms with Crippen LogP contribution in [0.25, 0.3) is 0 Å². The Morgan fingerprint density at radius 2 is 1.94 bits per heavy atom. The molecule has 94 valence electrons. The number of nitrogens with zero attached hydrogens (tertiary/aromatic N) is 2. The summed E-state index contributed by atoms with van der Waals surface area (Å²) in [5, 5.41) is 0.575. The Balaban J connectivity index is 1.90. The van der Waals surface area contributed by atoms with E-state index in [0.29, 0.717) is 5.15 Å². The lowest BCUT2D eigenvalue weighted by atomic mass is 10.1. The molecule has 1 aromatic rings. The Morgan fingerprint density at radius 1 is 1.24 bits per heavy atom. The molecule has 0 saturated heterocycles. The normalized spacial score (nSPS) is 18.3. The fraction of sp³-hybridized carbons (Fsp3) is 0.643. The van der Waals surface area contributed by atoms with Crippen molar-refractivity contribution in [1.29, 1.82) is 0 Å². The highest BCUT2D eigenvalue weighted by molar-refractivity contribution is 6.29. The van der Waals surface area contributed by atoms with Gasteiger partial charge in [0, 0.05) is 18.8 Å². The Morgan fingerprint density at radius 3 is 2.53 bits per heavy atom. The summed E-state index contributed by atoms with van der Waals surface area (Å²) in [6, 6.07) is 4.69. The number of aromatic nitrogens is 1. The zero-order valence-electron chi connectivity index (χ0n) is 10.5. The molecule has 0 aliphatic heterocycles. The minimum atomic E-state index is 0.575. The third-order valence-corrected chi connectivity index (χ3v) is 3.89. The van der Waals surface area contributed by atoms with Crippen molar-refractivity contribution in [3.8, 4) is 0 Å². The summed E-state index contributed by atoms with van der Waals surface area (Å²) in [6.45, 7) is 0.981. The van der Waals surface area contributed by atoms with Crippen LogP contribution in [0.2, 0.25) is 5.15 Å². The minimum Gasteiger partial charge on any atom is -0.299 e. The van der Waals surface area contributed by atoms with E-state index in [1.54, 1.807) is 0 Å². The number of pyridine rings is 1. The lowest BCUT2D eigenvalue weighted by Crippen LogP contribution is -2.30. The first kappa shape index (κ1) is 12.8. The molecule has 0 unspecified atom stereocenters. The second kappa shape index (κ2) is 6.36. The van der Waals surface area contributed by atoms with Gasteiger partial charge in [-0.05, 0) is 31.5 Å². The second-order valence-corrected chi connectivity index (χ2v) is 5.44. The summed E-state index contributed by atoms with van der Waals surface area (Å²) in [5.74, 6) is 0. The topological polar surface area (TPSA) is 16.1 Å². The predicted molar refractivity (Wildman–Crippen MR) is 72.2 cm³/mol. The summed E-state index contributed by atoms with van der Waals surface area (Å²) in [4.78, 5) is 6.60. The zero-order valence-corrected chi connectivity index (χ0v) is 11.3. The maximum atomic E-state index is 5.79. The van der Waals surface area contributed by atoms with E-state index in [-0.39, 0.29) is 0 Å². The van der Waals surface area contributed by atoms with Crippen LogP contribution >= 0.6 is 11.6 Å². The molecule has 2 rings (SSSR count). The molecule has 0 spiro atoms. The van der Waals surface area contributed by atoms with Crippen molar-refractivity contribution in [2.45, 2.75) is 51.1 Å². The van der Waals surface area contributed by atoms with Crippen molar-refractivity contribution in [1.82, 2.24) is 9.88 Å². The van der Waals surface area contributed by atoms with E-state index in [1.807, 2.05) is 12.3 Å². The number of rotatable bonds is 3. The average Bonchev–Trinajstić information content (AvgIpc) is 2.61. The van der Waals surface area contributed by atoms with Crippen LogP contribution in [0.4, 0.5) is 0 Å². The molecule has 1 heterocycles. The van der Waals surface area contributed by atoms with Gasteiger partial charge in [-0.15, -0.1) is 0 Å². The maximum absolute atomic E-state index is 5.79. The van der Waals surface area contributed by atoms with Gasteiger partial charge in [-0.25, -0.2) is 4.98 Å². The Labute approximate surface area is 109 Å². The molecule has 1 saturated carbocycles. The largest absolute Gasteiger partial charge is 0.299 e. The average molecular weight is 253 g/mol. The second-order valence-electron chi connectivity index (χ2n) is 5.05. The standard InChI is InChI=1S/C14H21ClN2/c1-17(13-6-4-2-3-5-7-13)11-12-8-9-14(15)16-10-12/h8-10,13H,2-7,11H2,1H3. The Kier molecular flexibility index (Phi) is 4.81. The van der Waals surface area contributed by atoms with Crippen LogP contribution < -0.4 is 0 Å². The number of hydrogen-bond donors (Lipinski definition) is 0. The van der Waals surface area contributed by atoms with Crippen LogP contribution in [0.15, 0.2) is 18.3 Å². The molecule has 2 nitrogen and oxygen atoms in total. The first-order valence-corrected chi connectivity index (χ1v) is 6.94. The summed E-state index contributed by atoms with van der Waals surface area (Å²) in [7, 11) is 2.23. The van der Waals surface area contributed by atoms with Gasteiger partial charge in [0.05, 0.1) is 0 Å². The van der Waals surface area contributed by atoms with Crippen molar-refractivity contribution in [2.24, 2.45) is 0 Å². The maximum Gasteiger partial charge on any atom is 0.129 e. The van der Waals surface area contributed by atoms with Crippen molar-refractivity contribution in [3.05, 3.63) is 29.0 Å². The van der Waals surface area contributed by atoms with Gasteiger partial charge in [-0.3, -0.25) is 4.90 Å². The highest BCUT2D eigenvalue weighted by atomic mass is 35.5. The fourth-order valence-corrected chi connectivity index (χ4v) is 2.73. The molecule has 1 aliphatic rings. The predicted octanol–water partition coefficient (Wildman–Crippen LogP) is 3.89. The van der Waals surface area contributed by atoms with Gasteiger partial charge in [0.2, 0.25) is 0 Å². The molecule has 17 heavy (non-hydrogen) atoms. The fourth-order valence-electron chi connectivity index (χ4n) is 2.62. The lowest BCUT2D eigenvalue weighted by molar-refractivity contribution is 0.213. The van der Waals surface area contributed by atoms with Crippen LogP contribution in [0, 0.1) is 0 Å².